The fourth-order valence-electron chi connectivity index (χ4n) is 2.90. The molecule has 1 aliphatic heterocycles. The van der Waals surface area contributed by atoms with Crippen LogP contribution in [0.25, 0.3) is 0 Å². The second-order valence-corrected chi connectivity index (χ2v) is 6.56. The fraction of sp³-hybridized carbons (Fsp3) is 0.444. The number of nitrogens with zero attached hydrogens (tertiary/aromatic N) is 2. The van der Waals surface area contributed by atoms with Gasteiger partial charge in [0, 0.05) is 17.2 Å². The van der Waals surface area contributed by atoms with Crippen LogP contribution < -0.4 is 10.1 Å². The van der Waals surface area contributed by atoms with E-state index >= 15 is 0 Å². The van der Waals surface area contributed by atoms with E-state index in [-0.39, 0.29) is 29.9 Å². The van der Waals surface area contributed by atoms with Gasteiger partial charge in [0.2, 0.25) is 5.88 Å². The van der Waals surface area contributed by atoms with Gasteiger partial charge in [-0.2, -0.15) is 18.3 Å². The molecule has 3 rings (SSSR count). The molecule has 0 saturated carbocycles. The Morgan fingerprint density at radius 1 is 1.31 bits per heavy atom. The molecule has 140 valence electrons. The molecule has 1 N–H and O–H groups in total. The Balaban J connectivity index is 1.83. The van der Waals surface area contributed by atoms with Crippen LogP contribution >= 0.6 is 0 Å². The third kappa shape index (κ3) is 3.84. The lowest BCUT2D eigenvalue weighted by atomic mass is 10.1. The average molecular weight is 367 g/mol. The molecule has 1 aromatic heterocycles. The maximum Gasteiger partial charge on any atom is 0.435 e. The van der Waals surface area contributed by atoms with Crippen molar-refractivity contribution in [2.45, 2.75) is 45.5 Å². The van der Waals surface area contributed by atoms with Gasteiger partial charge < -0.3 is 10.1 Å². The van der Waals surface area contributed by atoms with Crippen molar-refractivity contribution in [3.63, 3.8) is 0 Å². The van der Waals surface area contributed by atoms with E-state index in [1.165, 1.54) is 4.68 Å². The first-order valence-corrected chi connectivity index (χ1v) is 8.45. The number of aromatic nitrogens is 2. The molecular weight excluding hydrogens is 347 g/mol. The van der Waals surface area contributed by atoms with Crippen molar-refractivity contribution in [3.05, 3.63) is 46.6 Å². The highest BCUT2D eigenvalue weighted by Crippen LogP contribution is 2.38. The third-order valence-electron chi connectivity index (χ3n) is 4.05. The second-order valence-electron chi connectivity index (χ2n) is 6.56. The molecule has 2 aromatic rings. The zero-order chi connectivity index (χ0) is 18.9. The Morgan fingerprint density at radius 3 is 2.62 bits per heavy atom. The van der Waals surface area contributed by atoms with Crippen molar-refractivity contribution >= 4 is 5.91 Å². The number of benzene rings is 1. The molecular formula is C18H20F3N3O2. The topological polar surface area (TPSA) is 56.2 Å². The summed E-state index contributed by atoms with van der Waals surface area (Å²) in [4.78, 5) is 12.0. The summed E-state index contributed by atoms with van der Waals surface area (Å²) in [5.41, 5.74) is 0.480. The van der Waals surface area contributed by atoms with Gasteiger partial charge in [0.25, 0.3) is 5.91 Å². The first-order chi connectivity index (χ1) is 12.3. The number of nitrogens with one attached hydrogen (secondary N) is 1. The molecule has 0 saturated heterocycles. The minimum Gasteiger partial charge on any atom is -0.478 e. The van der Waals surface area contributed by atoms with Gasteiger partial charge in [-0.1, -0.05) is 12.1 Å². The van der Waals surface area contributed by atoms with Crippen molar-refractivity contribution in [2.24, 2.45) is 0 Å². The molecule has 5 nitrogen and oxygen atoms in total. The van der Waals surface area contributed by atoms with Crippen LogP contribution in [0.1, 0.15) is 47.4 Å². The van der Waals surface area contributed by atoms with Crippen LogP contribution in [0.3, 0.4) is 0 Å². The van der Waals surface area contributed by atoms with Crippen molar-refractivity contribution in [2.75, 3.05) is 6.61 Å². The summed E-state index contributed by atoms with van der Waals surface area (Å²) < 4.78 is 46.3. The van der Waals surface area contributed by atoms with Crippen LogP contribution in [0.15, 0.2) is 24.3 Å². The first kappa shape index (κ1) is 18.3. The molecule has 0 atom stereocenters. The number of ether oxygens (including phenoxy) is 1. The number of carbonyl (C=O) groups excluding carboxylic acids is 1. The van der Waals surface area contributed by atoms with E-state index in [9.17, 15) is 18.0 Å². The van der Waals surface area contributed by atoms with Gasteiger partial charge in [-0.25, -0.2) is 4.68 Å². The predicted molar refractivity (Wildman–Crippen MR) is 89.2 cm³/mol. The number of alkyl halides is 3. The molecule has 1 aliphatic rings. The number of hydrogen-bond donors (Lipinski definition) is 1. The van der Waals surface area contributed by atoms with Crippen molar-refractivity contribution in [1.29, 1.82) is 0 Å². The summed E-state index contributed by atoms with van der Waals surface area (Å²) in [5.74, 6) is -0.00379. The van der Waals surface area contributed by atoms with E-state index in [4.69, 9.17) is 4.74 Å². The molecule has 1 amide bonds. The zero-order valence-electron chi connectivity index (χ0n) is 14.6. The van der Waals surface area contributed by atoms with Gasteiger partial charge in [0.15, 0.2) is 5.69 Å². The number of rotatable bonds is 4. The summed E-state index contributed by atoms with van der Waals surface area (Å²) in [5, 5.41) is 6.53. The molecule has 1 aromatic carbocycles. The molecule has 8 heteroatoms. The zero-order valence-corrected chi connectivity index (χ0v) is 14.6. The SMILES string of the molecule is CC(C)NC(=O)c1ccc(Cn2nc(C(F)(F)F)c3c2OCCC3)cc1. The minimum absolute atomic E-state index is 0.0238. The quantitative estimate of drug-likeness (QED) is 0.901. The van der Waals surface area contributed by atoms with Gasteiger partial charge in [-0.05, 0) is 44.4 Å². The molecule has 0 aliphatic carbocycles. The highest BCUT2D eigenvalue weighted by atomic mass is 19.4. The normalized spacial score (nSPS) is 14.1. The number of halogens is 3. The molecule has 0 fully saturated rings. The summed E-state index contributed by atoms with van der Waals surface area (Å²) in [6.07, 6.45) is -3.66. The van der Waals surface area contributed by atoms with Crippen LogP contribution in [0.4, 0.5) is 13.2 Å². The van der Waals surface area contributed by atoms with E-state index in [0.717, 1.165) is 5.56 Å². The molecule has 0 unspecified atom stereocenters. The van der Waals surface area contributed by atoms with Crippen LogP contribution in [-0.2, 0) is 19.1 Å². The highest BCUT2D eigenvalue weighted by Gasteiger charge is 2.40. The van der Waals surface area contributed by atoms with Gasteiger partial charge >= 0.3 is 6.18 Å². The smallest absolute Gasteiger partial charge is 0.435 e. The third-order valence-corrected chi connectivity index (χ3v) is 4.05. The lowest BCUT2D eigenvalue weighted by molar-refractivity contribution is -0.142. The molecule has 0 bridgehead atoms. The number of hydrogen-bond acceptors (Lipinski definition) is 3. The number of fused-ring (bicyclic) bond motifs is 1. The Hall–Kier alpha value is -2.51. The second kappa shape index (κ2) is 7.01. The van der Waals surface area contributed by atoms with E-state index in [1.54, 1.807) is 24.3 Å². The molecule has 26 heavy (non-hydrogen) atoms. The Kier molecular flexibility index (Phi) is 4.93. The standard InChI is InChI=1S/C18H20F3N3O2/c1-11(2)22-16(25)13-7-5-12(6-8-13)10-24-17-14(4-3-9-26-17)15(23-24)18(19,20)21/h5-8,11H,3-4,9-10H2,1-2H3,(H,22,25). The Labute approximate surface area is 149 Å². The Morgan fingerprint density at radius 2 is 2.00 bits per heavy atom. The highest BCUT2D eigenvalue weighted by molar-refractivity contribution is 5.94. The maximum atomic E-state index is 13.2. The number of carbonyl (C=O) groups is 1. The van der Waals surface area contributed by atoms with Crippen LogP contribution in [0, 0.1) is 0 Å². The summed E-state index contributed by atoms with van der Waals surface area (Å²) in [6, 6.07) is 6.73. The summed E-state index contributed by atoms with van der Waals surface area (Å²) in [6.45, 7) is 4.26. The maximum absolute atomic E-state index is 13.2. The molecule has 0 radical (unpaired) electrons. The van der Waals surface area contributed by atoms with Gasteiger partial charge in [0.1, 0.15) is 0 Å². The lowest BCUT2D eigenvalue weighted by Crippen LogP contribution is -2.30. The van der Waals surface area contributed by atoms with E-state index in [2.05, 4.69) is 10.4 Å². The van der Waals surface area contributed by atoms with Crippen molar-refractivity contribution in [3.8, 4) is 5.88 Å². The van der Waals surface area contributed by atoms with Crippen LogP contribution in [0.5, 0.6) is 5.88 Å². The van der Waals surface area contributed by atoms with E-state index in [1.807, 2.05) is 13.8 Å². The van der Waals surface area contributed by atoms with Gasteiger partial charge in [-0.15, -0.1) is 0 Å². The lowest BCUT2D eigenvalue weighted by Gasteiger charge is -2.16. The van der Waals surface area contributed by atoms with Crippen molar-refractivity contribution < 1.29 is 22.7 Å². The predicted octanol–water partition coefficient (Wildman–Crippen LogP) is 3.41. The van der Waals surface area contributed by atoms with Crippen molar-refractivity contribution in [1.82, 2.24) is 15.1 Å². The van der Waals surface area contributed by atoms with Crippen LogP contribution in [-0.4, -0.2) is 28.3 Å². The van der Waals surface area contributed by atoms with Gasteiger partial charge in [0.05, 0.1) is 13.2 Å². The van der Waals surface area contributed by atoms with Gasteiger partial charge in [-0.3, -0.25) is 4.79 Å². The van der Waals surface area contributed by atoms with E-state index in [0.29, 0.717) is 25.0 Å². The summed E-state index contributed by atoms with van der Waals surface area (Å²) in [7, 11) is 0. The molecule has 0 spiro atoms. The van der Waals surface area contributed by atoms with Crippen LogP contribution in [0.2, 0.25) is 0 Å². The average Bonchev–Trinajstić information content (AvgIpc) is 2.94. The Bertz CT molecular complexity index is 795. The summed E-state index contributed by atoms with van der Waals surface area (Å²) >= 11 is 0. The minimum atomic E-state index is -4.51. The number of amides is 1. The monoisotopic (exact) mass is 367 g/mol. The first-order valence-electron chi connectivity index (χ1n) is 8.45. The molecule has 2 heterocycles. The largest absolute Gasteiger partial charge is 0.478 e. The van der Waals surface area contributed by atoms with E-state index < -0.39 is 11.9 Å². The fourth-order valence-corrected chi connectivity index (χ4v) is 2.90.